The molecule has 1 heterocycles. The minimum absolute atomic E-state index is 0.0612. The van der Waals surface area contributed by atoms with Gasteiger partial charge in [-0.25, -0.2) is 4.79 Å². The SMILES string of the molecule is CCCCCc1cc2c(c(O)c1C(=O)OC)C1CC(C)=CCC1C(C)(C)O2. The third-order valence-electron chi connectivity index (χ3n) is 6.21. The Labute approximate surface area is 162 Å². The van der Waals surface area contributed by atoms with Gasteiger partial charge in [0.25, 0.3) is 0 Å². The first kappa shape index (κ1) is 19.8. The van der Waals surface area contributed by atoms with Crippen LogP contribution in [-0.2, 0) is 11.2 Å². The number of phenols is 1. The number of phenolic OH excluding ortho intramolecular Hbond substituents is 1. The van der Waals surface area contributed by atoms with Gasteiger partial charge in [0, 0.05) is 17.4 Å². The molecule has 0 saturated heterocycles. The minimum Gasteiger partial charge on any atom is -0.507 e. The smallest absolute Gasteiger partial charge is 0.341 e. The third kappa shape index (κ3) is 3.59. The first-order chi connectivity index (χ1) is 12.8. The number of esters is 1. The fraction of sp³-hybridized carbons (Fsp3) is 0.609. The van der Waals surface area contributed by atoms with E-state index in [9.17, 15) is 9.90 Å². The Morgan fingerprint density at radius 3 is 2.78 bits per heavy atom. The Kier molecular flexibility index (Phi) is 5.55. The number of benzene rings is 1. The third-order valence-corrected chi connectivity index (χ3v) is 6.21. The summed E-state index contributed by atoms with van der Waals surface area (Å²) in [5.74, 6) is 0.753. The molecule has 2 aliphatic rings. The number of aryl methyl sites for hydroxylation is 1. The fourth-order valence-electron chi connectivity index (χ4n) is 4.74. The molecule has 148 valence electrons. The van der Waals surface area contributed by atoms with Gasteiger partial charge in [-0.05, 0) is 58.1 Å². The maximum atomic E-state index is 12.5. The van der Waals surface area contributed by atoms with Crippen molar-refractivity contribution in [3.05, 3.63) is 34.4 Å². The lowest BCUT2D eigenvalue weighted by atomic mass is 9.66. The molecule has 0 aromatic heterocycles. The lowest BCUT2D eigenvalue weighted by molar-refractivity contribution is 0.00740. The zero-order valence-electron chi connectivity index (χ0n) is 17.2. The average Bonchev–Trinajstić information content (AvgIpc) is 2.60. The number of ether oxygens (including phenoxy) is 2. The molecular formula is C23H32O4. The van der Waals surface area contributed by atoms with Crippen molar-refractivity contribution < 1.29 is 19.4 Å². The van der Waals surface area contributed by atoms with E-state index in [0.717, 1.165) is 55.4 Å². The molecule has 2 unspecified atom stereocenters. The van der Waals surface area contributed by atoms with Crippen LogP contribution in [0.4, 0.5) is 0 Å². The number of carbonyl (C=O) groups is 1. The largest absolute Gasteiger partial charge is 0.507 e. The highest BCUT2D eigenvalue weighted by atomic mass is 16.5. The number of rotatable bonds is 5. The second-order valence-electron chi connectivity index (χ2n) is 8.53. The number of hydrogen-bond acceptors (Lipinski definition) is 4. The quantitative estimate of drug-likeness (QED) is 0.420. The van der Waals surface area contributed by atoms with Gasteiger partial charge in [-0.3, -0.25) is 0 Å². The van der Waals surface area contributed by atoms with Gasteiger partial charge in [0.1, 0.15) is 22.7 Å². The Morgan fingerprint density at radius 1 is 1.37 bits per heavy atom. The van der Waals surface area contributed by atoms with Crippen LogP contribution < -0.4 is 4.74 Å². The molecule has 1 aliphatic heterocycles. The summed E-state index contributed by atoms with van der Waals surface area (Å²) in [6.45, 7) is 8.54. The van der Waals surface area contributed by atoms with E-state index in [2.05, 4.69) is 33.8 Å². The molecule has 3 rings (SSSR count). The summed E-state index contributed by atoms with van der Waals surface area (Å²) in [4.78, 5) is 12.5. The number of hydrogen-bond donors (Lipinski definition) is 1. The highest BCUT2D eigenvalue weighted by molar-refractivity contribution is 5.95. The van der Waals surface area contributed by atoms with Crippen LogP contribution in [0.25, 0.3) is 0 Å². The highest BCUT2D eigenvalue weighted by Crippen LogP contribution is 2.55. The van der Waals surface area contributed by atoms with Crippen molar-refractivity contribution in [1.29, 1.82) is 0 Å². The van der Waals surface area contributed by atoms with Crippen LogP contribution in [0.15, 0.2) is 17.7 Å². The van der Waals surface area contributed by atoms with Gasteiger partial charge in [-0.1, -0.05) is 31.4 Å². The Morgan fingerprint density at radius 2 is 2.11 bits per heavy atom. The van der Waals surface area contributed by atoms with Gasteiger partial charge in [-0.2, -0.15) is 0 Å². The molecule has 0 fully saturated rings. The number of allylic oxidation sites excluding steroid dienone is 2. The lowest BCUT2D eigenvalue weighted by Gasteiger charge is -2.47. The molecule has 4 heteroatoms. The Bertz CT molecular complexity index is 760. The standard InChI is InChI=1S/C23H32O4/c1-6-7-8-9-15-13-18-20(21(24)19(15)22(25)26-5)16-12-14(2)10-11-17(16)23(3,4)27-18/h10,13,16-17,24H,6-9,11-12H2,1-5H3. The van der Waals surface area contributed by atoms with Crippen LogP contribution in [0.5, 0.6) is 11.5 Å². The van der Waals surface area contributed by atoms with E-state index in [0.29, 0.717) is 5.56 Å². The van der Waals surface area contributed by atoms with E-state index in [1.807, 2.05) is 6.07 Å². The first-order valence-electron chi connectivity index (χ1n) is 10.1. The minimum atomic E-state index is -0.466. The van der Waals surface area contributed by atoms with E-state index >= 15 is 0 Å². The van der Waals surface area contributed by atoms with E-state index in [1.54, 1.807) is 0 Å². The van der Waals surface area contributed by atoms with E-state index in [4.69, 9.17) is 9.47 Å². The van der Waals surface area contributed by atoms with Gasteiger partial charge in [0.15, 0.2) is 0 Å². The van der Waals surface area contributed by atoms with Crippen molar-refractivity contribution >= 4 is 5.97 Å². The molecule has 2 atom stereocenters. The topological polar surface area (TPSA) is 55.8 Å². The van der Waals surface area contributed by atoms with Gasteiger partial charge in [0.05, 0.1) is 7.11 Å². The molecule has 0 bridgehead atoms. The van der Waals surface area contributed by atoms with Gasteiger partial charge in [-0.15, -0.1) is 0 Å². The number of carbonyl (C=O) groups excluding carboxylic acids is 1. The molecular weight excluding hydrogens is 340 g/mol. The predicted octanol–water partition coefficient (Wildman–Crippen LogP) is 5.52. The van der Waals surface area contributed by atoms with Crippen LogP contribution in [0.1, 0.15) is 87.2 Å². The molecule has 27 heavy (non-hydrogen) atoms. The molecule has 4 nitrogen and oxygen atoms in total. The van der Waals surface area contributed by atoms with E-state index in [1.165, 1.54) is 12.7 Å². The highest BCUT2D eigenvalue weighted by Gasteiger charge is 2.46. The molecule has 0 amide bonds. The zero-order chi connectivity index (χ0) is 19.8. The maximum Gasteiger partial charge on any atom is 0.341 e. The fourth-order valence-corrected chi connectivity index (χ4v) is 4.74. The summed E-state index contributed by atoms with van der Waals surface area (Å²) in [7, 11) is 1.37. The Hall–Kier alpha value is -1.97. The molecule has 1 aromatic carbocycles. The van der Waals surface area contributed by atoms with Gasteiger partial charge >= 0.3 is 5.97 Å². The van der Waals surface area contributed by atoms with E-state index < -0.39 is 5.97 Å². The Balaban J connectivity index is 2.14. The zero-order valence-corrected chi connectivity index (χ0v) is 17.2. The van der Waals surface area contributed by atoms with Crippen LogP contribution >= 0.6 is 0 Å². The molecule has 1 aromatic rings. The van der Waals surface area contributed by atoms with Crippen molar-refractivity contribution in [1.82, 2.24) is 0 Å². The normalized spacial score (nSPS) is 22.9. The van der Waals surface area contributed by atoms with Gasteiger partial charge in [0.2, 0.25) is 0 Å². The number of fused-ring (bicyclic) bond motifs is 3. The van der Waals surface area contributed by atoms with Crippen LogP contribution in [-0.4, -0.2) is 23.8 Å². The molecule has 0 spiro atoms. The first-order valence-corrected chi connectivity index (χ1v) is 10.1. The van der Waals surface area contributed by atoms with Crippen molar-refractivity contribution in [3.63, 3.8) is 0 Å². The van der Waals surface area contributed by atoms with Crippen LogP contribution in [0.3, 0.4) is 0 Å². The molecule has 0 radical (unpaired) electrons. The summed E-state index contributed by atoms with van der Waals surface area (Å²) in [6.07, 6.45) is 7.96. The number of methoxy groups -OCH3 is 1. The molecule has 0 saturated carbocycles. The maximum absolute atomic E-state index is 12.5. The van der Waals surface area contributed by atoms with Crippen molar-refractivity contribution in [3.8, 4) is 11.5 Å². The molecule has 1 N–H and O–H groups in total. The van der Waals surface area contributed by atoms with Gasteiger partial charge < -0.3 is 14.6 Å². The number of unbranched alkanes of at least 4 members (excludes halogenated alkanes) is 2. The summed E-state index contributed by atoms with van der Waals surface area (Å²) >= 11 is 0. The summed E-state index contributed by atoms with van der Waals surface area (Å²) in [5.41, 5.74) is 2.94. The van der Waals surface area contributed by atoms with E-state index in [-0.39, 0.29) is 23.2 Å². The van der Waals surface area contributed by atoms with Crippen molar-refractivity contribution in [2.45, 2.75) is 77.7 Å². The van der Waals surface area contributed by atoms with Crippen LogP contribution in [0.2, 0.25) is 0 Å². The van der Waals surface area contributed by atoms with Crippen LogP contribution in [0, 0.1) is 5.92 Å². The summed E-state index contributed by atoms with van der Waals surface area (Å²) in [5, 5.41) is 11.2. The van der Waals surface area contributed by atoms with Crippen molar-refractivity contribution in [2.24, 2.45) is 5.92 Å². The predicted molar refractivity (Wildman–Crippen MR) is 107 cm³/mol. The number of aromatic hydroxyl groups is 1. The lowest BCUT2D eigenvalue weighted by Crippen LogP contribution is -2.45. The van der Waals surface area contributed by atoms with Crippen molar-refractivity contribution in [2.75, 3.05) is 7.11 Å². The monoisotopic (exact) mass is 372 g/mol. The molecule has 1 aliphatic carbocycles. The summed E-state index contributed by atoms with van der Waals surface area (Å²) in [6, 6.07) is 1.97. The average molecular weight is 373 g/mol. The second-order valence-corrected chi connectivity index (χ2v) is 8.53. The summed E-state index contributed by atoms with van der Waals surface area (Å²) < 4.78 is 11.4. The second kappa shape index (κ2) is 7.57.